The molecule has 1 aromatic carbocycles. The van der Waals surface area contributed by atoms with E-state index < -0.39 is 16.0 Å². The number of rotatable bonds is 6. The summed E-state index contributed by atoms with van der Waals surface area (Å²) in [5, 5.41) is 3.60. The highest BCUT2D eigenvalue weighted by atomic mass is 32.2. The van der Waals surface area contributed by atoms with Crippen molar-refractivity contribution in [2.24, 2.45) is 5.92 Å². The van der Waals surface area contributed by atoms with Gasteiger partial charge in [0.15, 0.2) is 0 Å². The van der Waals surface area contributed by atoms with Gasteiger partial charge in [-0.3, -0.25) is 9.52 Å². The smallest absolute Gasteiger partial charge is 0.301 e. The van der Waals surface area contributed by atoms with Crippen molar-refractivity contribution in [3.8, 4) is 11.1 Å². The number of aromatic nitrogens is 2. The molecule has 32 heavy (non-hydrogen) atoms. The molecule has 3 aromatic rings. The van der Waals surface area contributed by atoms with Gasteiger partial charge in [-0.15, -0.1) is 0 Å². The van der Waals surface area contributed by atoms with Crippen LogP contribution in [0.1, 0.15) is 32.1 Å². The van der Waals surface area contributed by atoms with Crippen LogP contribution in [0, 0.1) is 11.7 Å². The Morgan fingerprint density at radius 3 is 2.62 bits per heavy atom. The number of carbonyl (C=O) groups excluding carboxylic acids is 1. The number of nitrogens with zero attached hydrogens (tertiary/aromatic N) is 2. The molecule has 3 N–H and O–H groups in total. The molecule has 2 aliphatic rings. The number of nitrogens with one attached hydrogen (secondary N) is 3. The first kappa shape index (κ1) is 20.9. The maximum absolute atomic E-state index is 14.9. The fourth-order valence-electron chi connectivity index (χ4n) is 3.99. The zero-order chi connectivity index (χ0) is 22.3. The van der Waals surface area contributed by atoms with E-state index >= 15 is 0 Å². The van der Waals surface area contributed by atoms with Crippen LogP contribution < -0.4 is 10.0 Å². The predicted molar refractivity (Wildman–Crippen MR) is 121 cm³/mol. The number of pyridine rings is 1. The Balaban J connectivity index is 1.44. The van der Waals surface area contributed by atoms with Crippen LogP contribution in [0.5, 0.6) is 0 Å². The molecule has 0 radical (unpaired) electrons. The minimum absolute atomic E-state index is 0.0317. The monoisotopic (exact) mass is 457 g/mol. The minimum atomic E-state index is -3.80. The number of benzene rings is 1. The zero-order valence-corrected chi connectivity index (χ0v) is 18.2. The van der Waals surface area contributed by atoms with Gasteiger partial charge in [0.2, 0.25) is 5.91 Å². The number of piperidine rings is 1. The van der Waals surface area contributed by atoms with Crippen LogP contribution >= 0.6 is 0 Å². The van der Waals surface area contributed by atoms with Gasteiger partial charge in [0.05, 0.1) is 5.69 Å². The number of hydrogen-bond acceptors (Lipinski definition) is 4. The van der Waals surface area contributed by atoms with Crippen molar-refractivity contribution in [3.63, 3.8) is 0 Å². The Hall–Kier alpha value is -2.98. The predicted octanol–water partition coefficient (Wildman–Crippen LogP) is 3.86. The van der Waals surface area contributed by atoms with Crippen molar-refractivity contribution in [2.75, 3.05) is 23.1 Å². The summed E-state index contributed by atoms with van der Waals surface area (Å²) in [6, 6.07) is 7.92. The summed E-state index contributed by atoms with van der Waals surface area (Å²) in [5.41, 5.74) is 1.72. The van der Waals surface area contributed by atoms with Crippen LogP contribution in [0.3, 0.4) is 0 Å². The average molecular weight is 458 g/mol. The molecule has 2 fully saturated rings. The van der Waals surface area contributed by atoms with Crippen LogP contribution in [0.25, 0.3) is 22.2 Å². The molecule has 0 atom stereocenters. The molecule has 0 unspecified atom stereocenters. The van der Waals surface area contributed by atoms with Crippen molar-refractivity contribution in [1.82, 2.24) is 14.3 Å². The minimum Gasteiger partial charge on any atom is -0.346 e. The Morgan fingerprint density at radius 1 is 1.12 bits per heavy atom. The summed E-state index contributed by atoms with van der Waals surface area (Å²) < 4.78 is 43.9. The highest BCUT2D eigenvalue weighted by Gasteiger charge is 2.30. The molecule has 1 aliphatic heterocycles. The SMILES string of the molecule is O=C(Nc1cc(-c2ccc(NS(=O)(=O)N3CCCCC3)c(F)c2)c2cc[nH]c2n1)C1CC1. The molecule has 1 saturated heterocycles. The van der Waals surface area contributed by atoms with E-state index in [9.17, 15) is 17.6 Å². The Labute approximate surface area is 185 Å². The second-order valence-electron chi connectivity index (χ2n) is 8.32. The van der Waals surface area contributed by atoms with E-state index in [1.807, 2.05) is 6.07 Å². The quantitative estimate of drug-likeness (QED) is 0.522. The van der Waals surface area contributed by atoms with Crippen LogP contribution in [0.2, 0.25) is 0 Å². The number of halogens is 1. The van der Waals surface area contributed by atoms with E-state index in [-0.39, 0.29) is 17.5 Å². The third-order valence-electron chi connectivity index (χ3n) is 5.90. The molecule has 1 amide bonds. The summed E-state index contributed by atoms with van der Waals surface area (Å²) in [5.74, 6) is -0.318. The molecular weight excluding hydrogens is 433 g/mol. The van der Waals surface area contributed by atoms with Gasteiger partial charge in [-0.1, -0.05) is 12.5 Å². The number of fused-ring (bicyclic) bond motifs is 1. The maximum Gasteiger partial charge on any atom is 0.301 e. The Morgan fingerprint density at radius 2 is 1.91 bits per heavy atom. The van der Waals surface area contributed by atoms with Crippen LogP contribution in [0.4, 0.5) is 15.9 Å². The van der Waals surface area contributed by atoms with Gasteiger partial charge in [-0.05, 0) is 61.1 Å². The highest BCUT2D eigenvalue weighted by Crippen LogP contribution is 2.34. The van der Waals surface area contributed by atoms with Gasteiger partial charge in [0, 0.05) is 30.6 Å². The summed E-state index contributed by atoms with van der Waals surface area (Å²) in [7, 11) is -3.80. The third kappa shape index (κ3) is 4.20. The van der Waals surface area contributed by atoms with Crippen molar-refractivity contribution >= 4 is 38.7 Å². The fraction of sp³-hybridized carbons (Fsp3) is 0.364. The summed E-state index contributed by atoms with van der Waals surface area (Å²) >= 11 is 0. The molecule has 5 rings (SSSR count). The molecule has 0 bridgehead atoms. The lowest BCUT2D eigenvalue weighted by atomic mass is 10.0. The maximum atomic E-state index is 14.9. The highest BCUT2D eigenvalue weighted by molar-refractivity contribution is 7.90. The van der Waals surface area contributed by atoms with Gasteiger partial charge >= 0.3 is 10.2 Å². The number of amides is 1. The van der Waals surface area contributed by atoms with Gasteiger partial charge in [-0.25, -0.2) is 9.37 Å². The largest absolute Gasteiger partial charge is 0.346 e. The van der Waals surface area contributed by atoms with Gasteiger partial charge in [-0.2, -0.15) is 12.7 Å². The molecule has 10 heteroatoms. The number of carbonyl (C=O) groups is 1. The average Bonchev–Trinajstić information content (AvgIpc) is 3.53. The van der Waals surface area contributed by atoms with Crippen LogP contribution in [-0.4, -0.2) is 41.7 Å². The molecular formula is C22H24FN5O3S. The van der Waals surface area contributed by atoms with Crippen molar-refractivity contribution in [1.29, 1.82) is 0 Å². The number of aromatic amines is 1. The van der Waals surface area contributed by atoms with E-state index in [1.165, 1.54) is 16.4 Å². The lowest BCUT2D eigenvalue weighted by Crippen LogP contribution is -2.39. The van der Waals surface area contributed by atoms with Crippen LogP contribution in [-0.2, 0) is 15.0 Å². The molecule has 3 heterocycles. The molecule has 168 valence electrons. The van der Waals surface area contributed by atoms with E-state index in [0.717, 1.165) is 37.5 Å². The summed E-state index contributed by atoms with van der Waals surface area (Å²) in [6.07, 6.45) is 6.09. The zero-order valence-electron chi connectivity index (χ0n) is 17.4. The topological polar surface area (TPSA) is 107 Å². The Kier molecular flexibility index (Phi) is 5.34. The third-order valence-corrected chi connectivity index (χ3v) is 7.42. The molecule has 0 spiro atoms. The summed E-state index contributed by atoms with van der Waals surface area (Å²) in [6.45, 7) is 0.875. The van der Waals surface area contributed by atoms with E-state index in [0.29, 0.717) is 35.7 Å². The normalized spacial score (nSPS) is 17.4. The molecule has 1 aliphatic carbocycles. The van der Waals surface area contributed by atoms with Crippen molar-refractivity contribution in [3.05, 3.63) is 42.3 Å². The second kappa shape index (κ2) is 8.18. The van der Waals surface area contributed by atoms with E-state index in [2.05, 4.69) is 20.0 Å². The lowest BCUT2D eigenvalue weighted by molar-refractivity contribution is -0.117. The van der Waals surface area contributed by atoms with E-state index in [1.54, 1.807) is 18.3 Å². The van der Waals surface area contributed by atoms with Crippen LogP contribution in [0.15, 0.2) is 36.5 Å². The van der Waals surface area contributed by atoms with Crippen molar-refractivity contribution < 1.29 is 17.6 Å². The molecule has 2 aromatic heterocycles. The molecule has 1 saturated carbocycles. The second-order valence-corrected chi connectivity index (χ2v) is 9.99. The van der Waals surface area contributed by atoms with Gasteiger partial charge in [0.25, 0.3) is 0 Å². The number of anilines is 2. The summed E-state index contributed by atoms with van der Waals surface area (Å²) in [4.78, 5) is 19.6. The lowest BCUT2D eigenvalue weighted by Gasteiger charge is -2.26. The Bertz CT molecular complexity index is 1280. The fourth-order valence-corrected chi connectivity index (χ4v) is 5.30. The first-order chi connectivity index (χ1) is 15.4. The first-order valence-corrected chi connectivity index (χ1v) is 12.2. The number of hydrogen-bond donors (Lipinski definition) is 3. The number of H-pyrrole nitrogens is 1. The first-order valence-electron chi connectivity index (χ1n) is 10.8. The van der Waals surface area contributed by atoms with Gasteiger partial charge in [0.1, 0.15) is 17.3 Å². The van der Waals surface area contributed by atoms with E-state index in [4.69, 9.17) is 0 Å². The van der Waals surface area contributed by atoms with Gasteiger partial charge < -0.3 is 10.3 Å². The van der Waals surface area contributed by atoms with Crippen molar-refractivity contribution in [2.45, 2.75) is 32.1 Å². The standard InChI is InChI=1S/C22H24FN5O3S/c23-18-12-15(6-7-19(18)27-32(30,31)28-10-2-1-3-11-28)17-13-20(26-22(29)14-4-5-14)25-21-16(17)8-9-24-21/h6-9,12-14,27H,1-5,10-11H2,(H2,24,25,26,29). The molecule has 8 nitrogen and oxygen atoms in total.